The molecular weight excluding hydrogens is 325 g/mol. The van der Waals surface area contributed by atoms with Crippen molar-refractivity contribution in [3.05, 3.63) is 23.2 Å². The molecule has 0 bridgehead atoms. The molecule has 24 heavy (non-hydrogen) atoms. The van der Waals surface area contributed by atoms with Gasteiger partial charge in [-0.1, -0.05) is 0 Å². The molecule has 2 aliphatic rings. The third-order valence-corrected chi connectivity index (χ3v) is 4.82. The number of rotatable bonds is 3. The highest BCUT2D eigenvalue weighted by molar-refractivity contribution is 5.95. The first kappa shape index (κ1) is 17.3. The van der Waals surface area contributed by atoms with Gasteiger partial charge >= 0.3 is 6.18 Å². The Bertz CT molecular complexity index is 614. The molecule has 0 aromatic carbocycles. The van der Waals surface area contributed by atoms with E-state index in [2.05, 4.69) is 14.6 Å². The minimum Gasteiger partial charge on any atom is -0.456 e. The number of likely N-dealkylation sites (tertiary alicyclic amines) is 1. The summed E-state index contributed by atoms with van der Waals surface area (Å²) in [5.41, 5.74) is -0.466. The van der Waals surface area contributed by atoms with Crippen molar-refractivity contribution in [3.8, 4) is 0 Å². The molecular formula is C16H21F3N2O3. The summed E-state index contributed by atoms with van der Waals surface area (Å²) >= 11 is 0. The molecule has 2 heterocycles. The maximum Gasteiger partial charge on any atom is 0.450 e. The number of nitrogens with zero attached hydrogens (tertiary/aromatic N) is 1. The first-order chi connectivity index (χ1) is 11.3. The molecule has 1 aliphatic carbocycles. The van der Waals surface area contributed by atoms with Gasteiger partial charge in [-0.25, -0.2) is 0 Å². The lowest BCUT2D eigenvalue weighted by Crippen LogP contribution is -2.48. The summed E-state index contributed by atoms with van der Waals surface area (Å²) in [4.78, 5) is 14.5. The number of halogens is 3. The first-order valence-electron chi connectivity index (χ1n) is 8.16. The number of furan rings is 1. The van der Waals surface area contributed by atoms with E-state index in [9.17, 15) is 23.1 Å². The molecule has 8 heteroatoms. The molecule has 2 N–H and O–H groups in total. The number of nitrogens with one attached hydrogen (secondary N) is 1. The van der Waals surface area contributed by atoms with Crippen molar-refractivity contribution in [2.24, 2.45) is 0 Å². The molecule has 1 saturated heterocycles. The van der Waals surface area contributed by atoms with Crippen LogP contribution < -0.4 is 5.32 Å². The molecule has 5 nitrogen and oxygen atoms in total. The topological polar surface area (TPSA) is 65.7 Å². The lowest BCUT2D eigenvalue weighted by Gasteiger charge is -2.29. The highest BCUT2D eigenvalue weighted by Crippen LogP contribution is 2.34. The van der Waals surface area contributed by atoms with Crippen molar-refractivity contribution in [2.45, 2.75) is 57.0 Å². The van der Waals surface area contributed by atoms with Crippen LogP contribution in [0.3, 0.4) is 0 Å². The van der Waals surface area contributed by atoms with Crippen LogP contribution in [0.25, 0.3) is 0 Å². The number of aliphatic hydroxyl groups excluding tert-OH is 1. The molecule has 2 fully saturated rings. The number of aryl methyl sites for hydroxylation is 1. The number of hydrogen-bond acceptors (Lipinski definition) is 4. The molecule has 0 radical (unpaired) electrons. The van der Waals surface area contributed by atoms with Crippen LogP contribution in [0.2, 0.25) is 0 Å². The lowest BCUT2D eigenvalue weighted by atomic mass is 10.1. The minimum absolute atomic E-state index is 0.0538. The predicted octanol–water partition coefficient (Wildman–Crippen LogP) is 2.32. The predicted molar refractivity (Wildman–Crippen MR) is 79.5 cm³/mol. The standard InChI is InChI=1S/C16H21F3N2O3/c1-9-7-11(14(24-9)16(17,18)19)15(23)20-12-3-2-4-13(12)21-6-5-10(22)8-21/h7,10,12-13,22H,2-6,8H2,1H3,(H,20,23)/t10?,12-,13+/m1/s1. The zero-order valence-electron chi connectivity index (χ0n) is 13.4. The zero-order valence-corrected chi connectivity index (χ0v) is 13.4. The molecule has 3 rings (SSSR count). The Morgan fingerprint density at radius 1 is 1.38 bits per heavy atom. The smallest absolute Gasteiger partial charge is 0.450 e. The van der Waals surface area contributed by atoms with Gasteiger partial charge in [-0.3, -0.25) is 9.69 Å². The Balaban J connectivity index is 1.73. The Kier molecular flexibility index (Phi) is 4.61. The number of amides is 1. The van der Waals surface area contributed by atoms with Crippen LogP contribution in [0.15, 0.2) is 10.5 Å². The maximum atomic E-state index is 13.0. The van der Waals surface area contributed by atoms with E-state index < -0.39 is 23.4 Å². The maximum absolute atomic E-state index is 13.0. The van der Waals surface area contributed by atoms with Crippen molar-refractivity contribution in [3.63, 3.8) is 0 Å². The van der Waals surface area contributed by atoms with Gasteiger partial charge in [-0.05, 0) is 38.7 Å². The fourth-order valence-corrected chi connectivity index (χ4v) is 3.75. The number of aliphatic hydroxyl groups is 1. The Morgan fingerprint density at radius 2 is 2.12 bits per heavy atom. The number of hydrogen-bond donors (Lipinski definition) is 2. The first-order valence-corrected chi connectivity index (χ1v) is 8.16. The fraction of sp³-hybridized carbons (Fsp3) is 0.688. The molecule has 1 aromatic heterocycles. The van der Waals surface area contributed by atoms with Crippen LogP contribution in [-0.2, 0) is 6.18 Å². The van der Waals surface area contributed by atoms with Crippen LogP contribution >= 0.6 is 0 Å². The van der Waals surface area contributed by atoms with E-state index in [-0.39, 0.29) is 23.9 Å². The summed E-state index contributed by atoms with van der Waals surface area (Å²) in [5, 5.41) is 12.4. The SMILES string of the molecule is Cc1cc(C(=O)N[C@@H]2CCC[C@@H]2N2CCC(O)C2)c(C(F)(F)F)o1. The molecule has 3 atom stereocenters. The van der Waals surface area contributed by atoms with Crippen LogP contribution in [0.1, 0.15) is 47.6 Å². The largest absolute Gasteiger partial charge is 0.456 e. The number of carbonyl (C=O) groups excluding carboxylic acids is 1. The van der Waals surface area contributed by atoms with Gasteiger partial charge in [0.25, 0.3) is 5.91 Å². The summed E-state index contributed by atoms with van der Waals surface area (Å²) in [6, 6.07) is 0.981. The van der Waals surface area contributed by atoms with E-state index in [1.807, 2.05) is 0 Å². The quantitative estimate of drug-likeness (QED) is 0.882. The van der Waals surface area contributed by atoms with E-state index >= 15 is 0 Å². The molecule has 0 spiro atoms. The number of alkyl halides is 3. The molecule has 1 unspecified atom stereocenters. The van der Waals surface area contributed by atoms with Gasteiger partial charge in [0.15, 0.2) is 0 Å². The van der Waals surface area contributed by atoms with Gasteiger partial charge in [-0.15, -0.1) is 0 Å². The number of β-amino-alcohol motifs (C(OH)–C–C–N with tert-alkyl or cyclic N) is 1. The van der Waals surface area contributed by atoms with E-state index in [1.165, 1.54) is 6.92 Å². The summed E-state index contributed by atoms with van der Waals surface area (Å²) in [6.07, 6.45) is -1.88. The van der Waals surface area contributed by atoms with E-state index in [0.29, 0.717) is 13.0 Å². The zero-order chi connectivity index (χ0) is 17.5. The van der Waals surface area contributed by atoms with Gasteiger partial charge in [-0.2, -0.15) is 13.2 Å². The molecule has 1 saturated carbocycles. The van der Waals surface area contributed by atoms with Crippen LogP contribution in [0, 0.1) is 6.92 Å². The van der Waals surface area contributed by atoms with Gasteiger partial charge < -0.3 is 14.8 Å². The second kappa shape index (κ2) is 6.40. The van der Waals surface area contributed by atoms with Crippen molar-refractivity contribution < 1.29 is 27.5 Å². The van der Waals surface area contributed by atoms with Crippen LogP contribution in [0.5, 0.6) is 0 Å². The van der Waals surface area contributed by atoms with Gasteiger partial charge in [0, 0.05) is 25.2 Å². The van der Waals surface area contributed by atoms with Crippen molar-refractivity contribution in [2.75, 3.05) is 13.1 Å². The van der Waals surface area contributed by atoms with Gasteiger partial charge in [0.05, 0.1) is 11.7 Å². The Morgan fingerprint density at radius 3 is 2.75 bits per heavy atom. The summed E-state index contributed by atoms with van der Waals surface area (Å²) in [5.74, 6) is -1.95. The van der Waals surface area contributed by atoms with Crippen molar-refractivity contribution in [1.82, 2.24) is 10.2 Å². The van der Waals surface area contributed by atoms with Crippen molar-refractivity contribution >= 4 is 5.91 Å². The average molecular weight is 346 g/mol. The van der Waals surface area contributed by atoms with Crippen molar-refractivity contribution in [1.29, 1.82) is 0 Å². The van der Waals surface area contributed by atoms with Gasteiger partial charge in [0.2, 0.25) is 5.76 Å². The van der Waals surface area contributed by atoms with E-state index in [0.717, 1.165) is 31.9 Å². The van der Waals surface area contributed by atoms with Crippen LogP contribution in [-0.4, -0.2) is 47.2 Å². The van der Waals surface area contributed by atoms with Gasteiger partial charge in [0.1, 0.15) is 5.76 Å². The Labute approximate surface area is 137 Å². The summed E-state index contributed by atoms with van der Waals surface area (Å²) in [7, 11) is 0. The fourth-order valence-electron chi connectivity index (χ4n) is 3.75. The third-order valence-electron chi connectivity index (χ3n) is 4.82. The summed E-state index contributed by atoms with van der Waals surface area (Å²) in [6.45, 7) is 2.68. The van der Waals surface area contributed by atoms with Crippen LogP contribution in [0.4, 0.5) is 13.2 Å². The molecule has 1 aromatic rings. The highest BCUT2D eigenvalue weighted by atomic mass is 19.4. The monoisotopic (exact) mass is 346 g/mol. The molecule has 1 amide bonds. The highest BCUT2D eigenvalue weighted by Gasteiger charge is 2.41. The third kappa shape index (κ3) is 3.44. The Hall–Kier alpha value is -1.54. The lowest BCUT2D eigenvalue weighted by molar-refractivity contribution is -0.153. The average Bonchev–Trinajstić information content (AvgIpc) is 3.17. The molecule has 134 valence electrons. The minimum atomic E-state index is -4.70. The van der Waals surface area contributed by atoms with E-state index in [4.69, 9.17) is 0 Å². The normalized spacial score (nSPS) is 28.5. The number of carbonyl (C=O) groups is 1. The summed E-state index contributed by atoms with van der Waals surface area (Å²) < 4.78 is 43.6. The second-order valence-electron chi connectivity index (χ2n) is 6.61. The second-order valence-corrected chi connectivity index (χ2v) is 6.61. The van der Waals surface area contributed by atoms with E-state index in [1.54, 1.807) is 0 Å². The molecule has 1 aliphatic heterocycles.